The number of rotatable bonds is 8. The van der Waals surface area contributed by atoms with E-state index in [0.717, 1.165) is 27.7 Å². The molecule has 0 spiro atoms. The van der Waals surface area contributed by atoms with Crippen molar-refractivity contribution in [3.05, 3.63) is 76.6 Å². The van der Waals surface area contributed by atoms with E-state index in [4.69, 9.17) is 9.47 Å². The zero-order valence-corrected chi connectivity index (χ0v) is 18.6. The molecule has 5 nitrogen and oxygen atoms in total. The zero-order valence-electron chi connectivity index (χ0n) is 17.8. The van der Waals surface area contributed by atoms with E-state index in [-0.39, 0.29) is 24.0 Å². The summed E-state index contributed by atoms with van der Waals surface area (Å²) in [4.78, 5) is 12.4. The summed E-state index contributed by atoms with van der Waals surface area (Å²) >= 11 is 1.49. The molecule has 0 bridgehead atoms. The molecule has 0 saturated heterocycles. The topological polar surface area (TPSA) is 64.2 Å². The number of aromatic amines is 1. The second-order valence-corrected chi connectivity index (χ2v) is 8.30. The number of carbonyl (C=O) groups excluding carboxylic acids is 1. The van der Waals surface area contributed by atoms with E-state index in [1.807, 2.05) is 19.1 Å². The zero-order chi connectivity index (χ0) is 23.3. The minimum absolute atomic E-state index is 0.169. The maximum Gasteiger partial charge on any atom is 0.416 e. The molecular weight excluding hydrogens is 441 g/mol. The molecule has 3 rings (SSSR count). The van der Waals surface area contributed by atoms with E-state index in [1.165, 1.54) is 24.8 Å². The summed E-state index contributed by atoms with van der Waals surface area (Å²) in [5, 5.41) is 6.50. The Hall–Kier alpha value is -2.94. The SMILES string of the molecule is CCOC(=O)COc1ccc(SC(c2cn[nH]c2)c2ccc(C(F)(F)F)c(C)c2)cc1C. The lowest BCUT2D eigenvalue weighted by molar-refractivity contribution is -0.145. The highest BCUT2D eigenvalue weighted by atomic mass is 32.2. The van der Waals surface area contributed by atoms with Gasteiger partial charge in [-0.05, 0) is 61.7 Å². The standard InChI is InChI=1S/C23H23F3N2O3S/c1-4-30-21(29)13-31-20-8-6-18(10-15(20)3)32-22(17-11-27-28-12-17)16-5-7-19(14(2)9-16)23(24,25)26/h5-12,22H,4,13H2,1-3H3,(H,27,28). The third-order valence-corrected chi connectivity index (χ3v) is 6.04. The summed E-state index contributed by atoms with van der Waals surface area (Å²) < 4.78 is 49.9. The van der Waals surface area contributed by atoms with Crippen molar-refractivity contribution in [3.8, 4) is 5.75 Å². The quantitative estimate of drug-likeness (QED) is 0.334. The van der Waals surface area contributed by atoms with Crippen LogP contribution in [0.1, 0.15) is 40.0 Å². The highest BCUT2D eigenvalue weighted by Crippen LogP contribution is 2.42. The summed E-state index contributed by atoms with van der Waals surface area (Å²) in [6.07, 6.45) is -1.000. The summed E-state index contributed by atoms with van der Waals surface area (Å²) in [6, 6.07) is 9.72. The molecule has 32 heavy (non-hydrogen) atoms. The second-order valence-electron chi connectivity index (χ2n) is 7.12. The molecule has 1 N–H and O–H groups in total. The van der Waals surface area contributed by atoms with Crippen molar-refractivity contribution >= 4 is 17.7 Å². The van der Waals surface area contributed by atoms with Crippen LogP contribution in [0.4, 0.5) is 13.2 Å². The number of hydrogen-bond donors (Lipinski definition) is 1. The fourth-order valence-electron chi connectivity index (χ4n) is 3.23. The molecular formula is C23H23F3N2O3S. The Morgan fingerprint density at radius 1 is 1.12 bits per heavy atom. The number of aryl methyl sites for hydroxylation is 2. The average molecular weight is 465 g/mol. The maximum absolute atomic E-state index is 13.2. The van der Waals surface area contributed by atoms with Gasteiger partial charge in [0.05, 0.1) is 23.6 Å². The van der Waals surface area contributed by atoms with Gasteiger partial charge in [-0.1, -0.05) is 12.1 Å². The minimum atomic E-state index is -4.39. The number of alkyl halides is 3. The maximum atomic E-state index is 13.2. The van der Waals surface area contributed by atoms with E-state index in [9.17, 15) is 18.0 Å². The van der Waals surface area contributed by atoms with Gasteiger partial charge >= 0.3 is 12.1 Å². The van der Waals surface area contributed by atoms with E-state index in [2.05, 4.69) is 10.2 Å². The molecule has 170 valence electrons. The van der Waals surface area contributed by atoms with E-state index in [0.29, 0.717) is 5.75 Å². The van der Waals surface area contributed by atoms with Crippen LogP contribution in [0.3, 0.4) is 0 Å². The molecule has 0 radical (unpaired) electrons. The summed E-state index contributed by atoms with van der Waals surface area (Å²) in [5.74, 6) is 0.121. The van der Waals surface area contributed by atoms with Gasteiger partial charge < -0.3 is 9.47 Å². The van der Waals surface area contributed by atoms with Crippen molar-refractivity contribution < 1.29 is 27.4 Å². The van der Waals surface area contributed by atoms with Crippen LogP contribution in [-0.2, 0) is 15.7 Å². The number of H-pyrrole nitrogens is 1. The van der Waals surface area contributed by atoms with Crippen molar-refractivity contribution in [1.29, 1.82) is 0 Å². The smallest absolute Gasteiger partial charge is 0.416 e. The Balaban J connectivity index is 1.84. The van der Waals surface area contributed by atoms with Crippen molar-refractivity contribution in [2.24, 2.45) is 0 Å². The number of hydrogen-bond acceptors (Lipinski definition) is 5. The van der Waals surface area contributed by atoms with Crippen LogP contribution in [-0.4, -0.2) is 29.4 Å². The van der Waals surface area contributed by atoms with Crippen molar-refractivity contribution in [2.45, 2.75) is 37.1 Å². The van der Waals surface area contributed by atoms with E-state index >= 15 is 0 Å². The molecule has 0 aliphatic heterocycles. The predicted octanol–water partition coefficient (Wildman–Crippen LogP) is 5.87. The van der Waals surface area contributed by atoms with Gasteiger partial charge in [-0.3, -0.25) is 5.10 Å². The van der Waals surface area contributed by atoms with Gasteiger partial charge in [-0.15, -0.1) is 11.8 Å². The fraction of sp³-hybridized carbons (Fsp3) is 0.304. The van der Waals surface area contributed by atoms with Crippen LogP contribution in [0.2, 0.25) is 0 Å². The normalized spacial score (nSPS) is 12.4. The highest BCUT2D eigenvalue weighted by molar-refractivity contribution is 7.99. The molecule has 1 unspecified atom stereocenters. The first kappa shape index (κ1) is 23.7. The van der Waals surface area contributed by atoms with Gasteiger partial charge in [-0.25, -0.2) is 4.79 Å². The largest absolute Gasteiger partial charge is 0.482 e. The molecule has 0 aliphatic rings. The van der Waals surface area contributed by atoms with Gasteiger partial charge in [0.2, 0.25) is 0 Å². The number of thioether (sulfide) groups is 1. The van der Waals surface area contributed by atoms with Crippen molar-refractivity contribution in [2.75, 3.05) is 13.2 Å². The number of carbonyl (C=O) groups is 1. The average Bonchev–Trinajstić information content (AvgIpc) is 3.25. The first-order valence-electron chi connectivity index (χ1n) is 9.91. The Morgan fingerprint density at radius 3 is 2.50 bits per heavy atom. The molecule has 1 atom stereocenters. The van der Waals surface area contributed by atoms with Gasteiger partial charge in [0.1, 0.15) is 5.75 Å². The molecule has 3 aromatic rings. The Bertz CT molecular complexity index is 1070. The monoisotopic (exact) mass is 464 g/mol. The number of nitrogens with one attached hydrogen (secondary N) is 1. The highest BCUT2D eigenvalue weighted by Gasteiger charge is 2.32. The number of benzene rings is 2. The summed E-state index contributed by atoms with van der Waals surface area (Å²) in [7, 11) is 0. The van der Waals surface area contributed by atoms with Crippen LogP contribution in [0.5, 0.6) is 5.75 Å². The third-order valence-electron chi connectivity index (χ3n) is 4.73. The third kappa shape index (κ3) is 5.85. The molecule has 9 heteroatoms. The van der Waals surface area contributed by atoms with Crippen LogP contribution in [0.15, 0.2) is 53.7 Å². The van der Waals surface area contributed by atoms with Crippen LogP contribution in [0, 0.1) is 13.8 Å². The molecule has 0 amide bonds. The number of nitrogens with zero attached hydrogens (tertiary/aromatic N) is 1. The molecule has 1 aromatic heterocycles. The number of halogens is 3. The fourth-order valence-corrected chi connectivity index (χ4v) is 4.44. The first-order valence-corrected chi connectivity index (χ1v) is 10.8. The van der Waals surface area contributed by atoms with Gasteiger partial charge in [0.25, 0.3) is 0 Å². The molecule has 0 aliphatic carbocycles. The second kappa shape index (κ2) is 10.1. The van der Waals surface area contributed by atoms with Gasteiger partial charge in [-0.2, -0.15) is 18.3 Å². The van der Waals surface area contributed by atoms with Crippen molar-refractivity contribution in [3.63, 3.8) is 0 Å². The number of ether oxygens (including phenoxy) is 2. The summed E-state index contributed by atoms with van der Waals surface area (Å²) in [6.45, 7) is 5.16. The van der Waals surface area contributed by atoms with E-state index in [1.54, 1.807) is 31.5 Å². The Labute approximate surface area is 188 Å². The molecule has 0 fully saturated rings. The number of aromatic nitrogens is 2. The van der Waals surface area contributed by atoms with E-state index < -0.39 is 17.7 Å². The van der Waals surface area contributed by atoms with Crippen LogP contribution in [0.25, 0.3) is 0 Å². The minimum Gasteiger partial charge on any atom is -0.482 e. The predicted molar refractivity (Wildman–Crippen MR) is 116 cm³/mol. The van der Waals surface area contributed by atoms with Gasteiger partial charge in [0, 0.05) is 16.7 Å². The lowest BCUT2D eigenvalue weighted by Gasteiger charge is -2.19. The van der Waals surface area contributed by atoms with Crippen LogP contribution >= 0.6 is 11.8 Å². The first-order chi connectivity index (χ1) is 15.2. The lowest BCUT2D eigenvalue weighted by Crippen LogP contribution is -2.14. The Kier molecular flexibility index (Phi) is 7.50. The molecule has 2 aromatic carbocycles. The van der Waals surface area contributed by atoms with Gasteiger partial charge in [0.15, 0.2) is 6.61 Å². The molecule has 1 heterocycles. The van der Waals surface area contributed by atoms with Crippen molar-refractivity contribution in [1.82, 2.24) is 10.2 Å². The molecule has 0 saturated carbocycles. The van der Waals surface area contributed by atoms with Crippen LogP contribution < -0.4 is 4.74 Å². The summed E-state index contributed by atoms with van der Waals surface area (Å²) in [5.41, 5.74) is 1.93. The Morgan fingerprint density at radius 2 is 1.91 bits per heavy atom. The number of esters is 1. The lowest BCUT2D eigenvalue weighted by atomic mass is 10.0.